The van der Waals surface area contributed by atoms with Crippen molar-refractivity contribution >= 4 is 11.3 Å². The zero-order chi connectivity index (χ0) is 11.1. The Hall–Kier alpha value is -0.340. The zero-order valence-corrected chi connectivity index (χ0v) is 10.9. The van der Waals surface area contributed by atoms with Gasteiger partial charge in [0.2, 0.25) is 0 Å². The maximum atomic E-state index is 3.59. The van der Waals surface area contributed by atoms with E-state index in [9.17, 15) is 0 Å². The fourth-order valence-corrected chi connectivity index (χ4v) is 2.55. The van der Waals surface area contributed by atoms with Gasteiger partial charge in [-0.2, -0.15) is 11.3 Å². The number of likely N-dealkylation sites (N-methyl/N-ethyl adjacent to an activating group) is 1. The largest absolute Gasteiger partial charge is 0.314 e. The van der Waals surface area contributed by atoms with Crippen LogP contribution in [0.4, 0.5) is 0 Å². The van der Waals surface area contributed by atoms with Crippen LogP contribution in [0.1, 0.15) is 39.2 Å². The topological polar surface area (TPSA) is 12.0 Å². The summed E-state index contributed by atoms with van der Waals surface area (Å²) in [5.74, 6) is 0.827. The molecule has 1 nitrogen and oxygen atoms in total. The summed E-state index contributed by atoms with van der Waals surface area (Å²) >= 11 is 1.80. The number of thiophene rings is 1. The van der Waals surface area contributed by atoms with Crippen molar-refractivity contribution in [1.29, 1.82) is 0 Å². The summed E-state index contributed by atoms with van der Waals surface area (Å²) in [5.41, 5.74) is 1.48. The second-order valence-corrected chi connectivity index (χ2v) is 5.12. The van der Waals surface area contributed by atoms with Gasteiger partial charge in [0.1, 0.15) is 0 Å². The van der Waals surface area contributed by atoms with Crippen LogP contribution in [0.15, 0.2) is 16.8 Å². The first-order valence-electron chi connectivity index (χ1n) is 6.00. The van der Waals surface area contributed by atoms with Gasteiger partial charge in [0.15, 0.2) is 0 Å². The molecule has 2 unspecified atom stereocenters. The standard InChI is InChI=1S/C13H23NS/c1-4-11(3)8-13(14-5-2)9-12-6-7-15-10-12/h6-7,10-11,13-14H,4-5,8-9H2,1-3H3. The molecule has 0 aliphatic carbocycles. The molecule has 1 heterocycles. The number of hydrogen-bond acceptors (Lipinski definition) is 2. The highest BCUT2D eigenvalue weighted by atomic mass is 32.1. The monoisotopic (exact) mass is 225 g/mol. The molecule has 1 aromatic rings. The van der Waals surface area contributed by atoms with E-state index < -0.39 is 0 Å². The third kappa shape index (κ3) is 4.80. The highest BCUT2D eigenvalue weighted by Crippen LogP contribution is 2.15. The predicted octanol–water partition coefficient (Wildman–Crippen LogP) is 3.70. The summed E-state index contributed by atoms with van der Waals surface area (Å²) in [5, 5.41) is 8.02. The lowest BCUT2D eigenvalue weighted by Crippen LogP contribution is -2.32. The molecule has 0 aliphatic rings. The van der Waals surface area contributed by atoms with E-state index in [4.69, 9.17) is 0 Å². The number of rotatable bonds is 7. The first kappa shape index (κ1) is 12.7. The van der Waals surface area contributed by atoms with E-state index in [0.717, 1.165) is 12.5 Å². The van der Waals surface area contributed by atoms with Crippen molar-refractivity contribution in [2.45, 2.75) is 46.1 Å². The number of nitrogens with one attached hydrogen (secondary N) is 1. The van der Waals surface area contributed by atoms with Gasteiger partial charge in [0.25, 0.3) is 0 Å². The van der Waals surface area contributed by atoms with Crippen LogP contribution < -0.4 is 5.32 Å². The molecule has 0 bridgehead atoms. The predicted molar refractivity (Wildman–Crippen MR) is 69.6 cm³/mol. The summed E-state index contributed by atoms with van der Waals surface area (Å²) in [7, 11) is 0. The SMILES string of the molecule is CCNC(Cc1ccsc1)CC(C)CC. The molecule has 0 amide bonds. The third-order valence-corrected chi connectivity index (χ3v) is 3.67. The lowest BCUT2D eigenvalue weighted by atomic mass is 9.95. The van der Waals surface area contributed by atoms with Crippen LogP contribution in [0, 0.1) is 5.92 Å². The van der Waals surface area contributed by atoms with Gasteiger partial charge in [-0.3, -0.25) is 0 Å². The van der Waals surface area contributed by atoms with E-state index in [2.05, 4.69) is 42.9 Å². The molecule has 0 fully saturated rings. The van der Waals surface area contributed by atoms with E-state index in [1.807, 2.05) is 0 Å². The van der Waals surface area contributed by atoms with Gasteiger partial charge in [0, 0.05) is 6.04 Å². The Morgan fingerprint density at radius 1 is 1.40 bits per heavy atom. The van der Waals surface area contributed by atoms with Crippen LogP contribution in [0.5, 0.6) is 0 Å². The van der Waals surface area contributed by atoms with E-state index in [0.29, 0.717) is 6.04 Å². The summed E-state index contributed by atoms with van der Waals surface area (Å²) in [6.45, 7) is 7.89. The minimum atomic E-state index is 0.652. The molecule has 0 aliphatic heterocycles. The molecular formula is C13H23NS. The Labute approximate surface area is 97.9 Å². The first-order chi connectivity index (χ1) is 7.26. The molecule has 15 heavy (non-hydrogen) atoms. The van der Waals surface area contributed by atoms with Gasteiger partial charge in [-0.25, -0.2) is 0 Å². The van der Waals surface area contributed by atoms with Crippen molar-refractivity contribution in [1.82, 2.24) is 5.32 Å². The molecule has 0 saturated carbocycles. The normalized spacial score (nSPS) is 15.1. The molecule has 1 rings (SSSR count). The second kappa shape index (κ2) is 7.02. The van der Waals surface area contributed by atoms with Gasteiger partial charge < -0.3 is 5.32 Å². The van der Waals surface area contributed by atoms with Gasteiger partial charge >= 0.3 is 0 Å². The fourth-order valence-electron chi connectivity index (χ4n) is 1.87. The molecule has 1 N–H and O–H groups in total. The summed E-state index contributed by atoms with van der Waals surface area (Å²) in [6.07, 6.45) is 3.76. The maximum Gasteiger partial charge on any atom is 0.0110 e. The van der Waals surface area contributed by atoms with Gasteiger partial charge in [-0.15, -0.1) is 0 Å². The van der Waals surface area contributed by atoms with Crippen LogP contribution in [0.2, 0.25) is 0 Å². The smallest absolute Gasteiger partial charge is 0.0110 e. The van der Waals surface area contributed by atoms with Crippen molar-refractivity contribution in [3.8, 4) is 0 Å². The van der Waals surface area contributed by atoms with Crippen molar-refractivity contribution in [3.63, 3.8) is 0 Å². The molecule has 2 heteroatoms. The van der Waals surface area contributed by atoms with Crippen molar-refractivity contribution in [2.24, 2.45) is 5.92 Å². The molecule has 0 spiro atoms. The van der Waals surface area contributed by atoms with E-state index in [1.165, 1.54) is 24.8 Å². The minimum Gasteiger partial charge on any atom is -0.314 e. The Bertz CT molecular complexity index is 243. The third-order valence-electron chi connectivity index (χ3n) is 2.94. The van der Waals surface area contributed by atoms with Gasteiger partial charge in [-0.1, -0.05) is 27.2 Å². The Morgan fingerprint density at radius 2 is 2.20 bits per heavy atom. The van der Waals surface area contributed by atoms with E-state index in [1.54, 1.807) is 11.3 Å². The average molecular weight is 225 g/mol. The zero-order valence-electron chi connectivity index (χ0n) is 10.1. The lowest BCUT2D eigenvalue weighted by Gasteiger charge is -2.20. The van der Waals surface area contributed by atoms with Crippen molar-refractivity contribution < 1.29 is 0 Å². The van der Waals surface area contributed by atoms with Crippen LogP contribution >= 0.6 is 11.3 Å². The molecule has 86 valence electrons. The molecule has 0 saturated heterocycles. The minimum absolute atomic E-state index is 0.652. The molecule has 2 atom stereocenters. The Morgan fingerprint density at radius 3 is 2.73 bits per heavy atom. The molecule has 0 radical (unpaired) electrons. The highest BCUT2D eigenvalue weighted by molar-refractivity contribution is 7.07. The highest BCUT2D eigenvalue weighted by Gasteiger charge is 2.11. The summed E-state index contributed by atoms with van der Waals surface area (Å²) in [4.78, 5) is 0. The van der Waals surface area contributed by atoms with Gasteiger partial charge in [-0.05, 0) is 47.7 Å². The quantitative estimate of drug-likeness (QED) is 0.746. The van der Waals surface area contributed by atoms with E-state index in [-0.39, 0.29) is 0 Å². The summed E-state index contributed by atoms with van der Waals surface area (Å²) in [6, 6.07) is 2.89. The van der Waals surface area contributed by atoms with Crippen LogP contribution in [0.3, 0.4) is 0 Å². The molecule has 0 aromatic carbocycles. The lowest BCUT2D eigenvalue weighted by molar-refractivity contribution is 0.397. The summed E-state index contributed by atoms with van der Waals surface area (Å²) < 4.78 is 0. The Balaban J connectivity index is 2.43. The van der Waals surface area contributed by atoms with Crippen molar-refractivity contribution in [3.05, 3.63) is 22.4 Å². The average Bonchev–Trinajstić information content (AvgIpc) is 2.70. The second-order valence-electron chi connectivity index (χ2n) is 4.34. The maximum absolute atomic E-state index is 3.59. The molecular weight excluding hydrogens is 202 g/mol. The van der Waals surface area contributed by atoms with Crippen LogP contribution in [-0.2, 0) is 6.42 Å². The van der Waals surface area contributed by atoms with Gasteiger partial charge in [0.05, 0.1) is 0 Å². The van der Waals surface area contributed by atoms with Crippen molar-refractivity contribution in [2.75, 3.05) is 6.54 Å². The van der Waals surface area contributed by atoms with E-state index >= 15 is 0 Å². The Kier molecular flexibility index (Phi) is 5.96. The van der Waals surface area contributed by atoms with Crippen LogP contribution in [0.25, 0.3) is 0 Å². The first-order valence-corrected chi connectivity index (χ1v) is 6.95. The fraction of sp³-hybridized carbons (Fsp3) is 0.692. The number of hydrogen-bond donors (Lipinski definition) is 1. The van der Waals surface area contributed by atoms with Crippen LogP contribution in [-0.4, -0.2) is 12.6 Å². The molecule has 1 aromatic heterocycles.